The summed E-state index contributed by atoms with van der Waals surface area (Å²) in [5.74, 6) is -0.327. The summed E-state index contributed by atoms with van der Waals surface area (Å²) in [6.07, 6.45) is 2.32. The van der Waals surface area contributed by atoms with Gasteiger partial charge >= 0.3 is 0 Å². The predicted molar refractivity (Wildman–Crippen MR) is 97.7 cm³/mol. The molecule has 0 spiro atoms. The smallest absolute Gasteiger partial charge is 0.246 e. The molecule has 2 aromatic carbocycles. The van der Waals surface area contributed by atoms with Crippen LogP contribution in [0.1, 0.15) is 24.5 Å². The number of nitrogens with zero attached hydrogens (tertiary/aromatic N) is 1. The normalized spacial score (nSPS) is 22.5. The van der Waals surface area contributed by atoms with Crippen LogP contribution in [0.4, 0.5) is 0 Å². The first kappa shape index (κ1) is 16.9. The largest absolute Gasteiger partial charge is 0.370 e. The van der Waals surface area contributed by atoms with Crippen LogP contribution in [0.25, 0.3) is 0 Å². The summed E-state index contributed by atoms with van der Waals surface area (Å²) in [4.78, 5) is 12.4. The average molecular weight is 387 g/mol. The monoisotopic (exact) mass is 386 g/mol. The maximum absolute atomic E-state index is 12.4. The molecule has 0 bridgehead atoms. The molecule has 0 saturated heterocycles. The molecule has 24 heavy (non-hydrogen) atoms. The van der Waals surface area contributed by atoms with Gasteiger partial charge in [-0.05, 0) is 25.0 Å². The fraction of sp³-hybridized carbons (Fsp3) is 0.263. The number of hydrogen-bond acceptors (Lipinski definition) is 3. The van der Waals surface area contributed by atoms with Crippen molar-refractivity contribution in [1.82, 2.24) is 5.43 Å². The summed E-state index contributed by atoms with van der Waals surface area (Å²) in [7, 11) is 0. The molecule has 1 amide bonds. The van der Waals surface area contributed by atoms with Crippen molar-refractivity contribution in [3.63, 3.8) is 0 Å². The van der Waals surface area contributed by atoms with Crippen LogP contribution in [-0.2, 0) is 15.1 Å². The van der Waals surface area contributed by atoms with Crippen molar-refractivity contribution in [3.05, 3.63) is 70.2 Å². The third-order valence-electron chi connectivity index (χ3n) is 4.17. The number of hydrogen-bond donors (Lipinski definition) is 1. The SMILES string of the molecule is CCO[C@@]1(c2ccccc2)C[C@H]1C(=O)N/N=C/c1ccccc1Br. The zero-order valence-corrected chi connectivity index (χ0v) is 15.0. The van der Waals surface area contributed by atoms with Crippen molar-refractivity contribution in [1.29, 1.82) is 0 Å². The maximum Gasteiger partial charge on any atom is 0.246 e. The van der Waals surface area contributed by atoms with E-state index in [0.29, 0.717) is 13.0 Å². The second-order valence-electron chi connectivity index (χ2n) is 5.70. The number of nitrogens with one attached hydrogen (secondary N) is 1. The lowest BCUT2D eigenvalue weighted by Crippen LogP contribution is -2.26. The number of halogens is 1. The van der Waals surface area contributed by atoms with Crippen LogP contribution in [0.15, 0.2) is 64.2 Å². The molecule has 124 valence electrons. The van der Waals surface area contributed by atoms with Gasteiger partial charge in [-0.2, -0.15) is 5.10 Å². The Morgan fingerprint density at radius 2 is 2.00 bits per heavy atom. The van der Waals surface area contributed by atoms with Gasteiger partial charge in [0.1, 0.15) is 5.60 Å². The molecule has 3 rings (SSSR count). The van der Waals surface area contributed by atoms with Crippen molar-refractivity contribution in [2.45, 2.75) is 18.9 Å². The molecule has 0 aromatic heterocycles. The quantitative estimate of drug-likeness (QED) is 0.605. The van der Waals surface area contributed by atoms with Crippen molar-refractivity contribution in [2.24, 2.45) is 11.0 Å². The van der Waals surface area contributed by atoms with Gasteiger partial charge in [-0.1, -0.05) is 64.5 Å². The number of carbonyl (C=O) groups excluding carboxylic acids is 1. The summed E-state index contributed by atoms with van der Waals surface area (Å²) in [5, 5.41) is 4.07. The van der Waals surface area contributed by atoms with Gasteiger partial charge in [0.2, 0.25) is 5.91 Å². The van der Waals surface area contributed by atoms with Gasteiger partial charge in [0, 0.05) is 16.6 Å². The fourth-order valence-electron chi connectivity index (χ4n) is 2.91. The van der Waals surface area contributed by atoms with E-state index in [1.165, 1.54) is 0 Å². The maximum atomic E-state index is 12.4. The number of rotatable bonds is 6. The molecule has 1 saturated carbocycles. The van der Waals surface area contributed by atoms with Gasteiger partial charge in [-0.25, -0.2) is 5.43 Å². The molecule has 2 aromatic rings. The highest BCUT2D eigenvalue weighted by atomic mass is 79.9. The van der Waals surface area contributed by atoms with Crippen LogP contribution < -0.4 is 5.43 Å². The Hall–Kier alpha value is -1.98. The standard InChI is InChI=1S/C19H19BrN2O2/c1-2-24-19(15-9-4-3-5-10-15)12-16(19)18(23)22-21-13-14-8-6-7-11-17(14)20/h3-11,13,16H,2,12H2,1H3,(H,22,23)/b21-13+/t16-,19+/m0/s1. The van der Waals surface area contributed by atoms with Crippen LogP contribution in [0.2, 0.25) is 0 Å². The van der Waals surface area contributed by atoms with Crippen molar-refractivity contribution in [2.75, 3.05) is 6.61 Å². The first-order valence-corrected chi connectivity index (χ1v) is 8.73. The first-order chi connectivity index (χ1) is 11.7. The van der Waals surface area contributed by atoms with E-state index in [0.717, 1.165) is 15.6 Å². The Kier molecular flexibility index (Phi) is 5.11. The molecule has 1 aliphatic rings. The predicted octanol–water partition coefficient (Wildman–Crippen LogP) is 3.85. The minimum absolute atomic E-state index is 0.115. The first-order valence-electron chi connectivity index (χ1n) is 7.94. The van der Waals surface area contributed by atoms with Gasteiger partial charge in [0.15, 0.2) is 0 Å². The van der Waals surface area contributed by atoms with Crippen LogP contribution in [-0.4, -0.2) is 18.7 Å². The summed E-state index contributed by atoms with van der Waals surface area (Å²) >= 11 is 3.45. The summed E-state index contributed by atoms with van der Waals surface area (Å²) < 4.78 is 6.86. The number of benzene rings is 2. The molecule has 0 aliphatic heterocycles. The topological polar surface area (TPSA) is 50.7 Å². The number of carbonyl (C=O) groups is 1. The van der Waals surface area contributed by atoms with Crippen molar-refractivity contribution in [3.8, 4) is 0 Å². The van der Waals surface area contributed by atoms with E-state index < -0.39 is 5.60 Å². The lowest BCUT2D eigenvalue weighted by molar-refractivity contribution is -0.124. The number of amides is 1. The molecular formula is C19H19BrN2O2. The Morgan fingerprint density at radius 3 is 2.71 bits per heavy atom. The molecule has 2 atom stereocenters. The van der Waals surface area contributed by atoms with Crippen LogP contribution in [0.3, 0.4) is 0 Å². The van der Waals surface area contributed by atoms with E-state index in [4.69, 9.17) is 4.74 Å². The van der Waals surface area contributed by atoms with Gasteiger partial charge in [0.25, 0.3) is 0 Å². The Morgan fingerprint density at radius 1 is 1.29 bits per heavy atom. The highest BCUT2D eigenvalue weighted by molar-refractivity contribution is 9.10. The molecular weight excluding hydrogens is 368 g/mol. The fourth-order valence-corrected chi connectivity index (χ4v) is 3.30. The van der Waals surface area contributed by atoms with E-state index in [1.54, 1.807) is 6.21 Å². The van der Waals surface area contributed by atoms with Gasteiger partial charge in [-0.3, -0.25) is 4.79 Å². The Balaban J connectivity index is 1.67. The average Bonchev–Trinajstić information content (AvgIpc) is 3.33. The minimum atomic E-state index is -0.511. The summed E-state index contributed by atoms with van der Waals surface area (Å²) in [5.41, 5.74) is 4.08. The summed E-state index contributed by atoms with van der Waals surface area (Å²) in [6, 6.07) is 17.6. The van der Waals surface area contributed by atoms with E-state index in [9.17, 15) is 4.79 Å². The molecule has 0 heterocycles. The number of ether oxygens (including phenoxy) is 1. The Labute approximate surface area is 150 Å². The highest BCUT2D eigenvalue weighted by Gasteiger charge is 2.60. The molecule has 1 aliphatic carbocycles. The minimum Gasteiger partial charge on any atom is -0.370 e. The second kappa shape index (κ2) is 7.28. The lowest BCUT2D eigenvalue weighted by atomic mass is 10.1. The molecule has 5 heteroatoms. The van der Waals surface area contributed by atoms with Crippen molar-refractivity contribution >= 4 is 28.1 Å². The van der Waals surface area contributed by atoms with E-state index in [-0.39, 0.29) is 11.8 Å². The Bertz CT molecular complexity index is 748. The molecule has 4 nitrogen and oxygen atoms in total. The van der Waals surface area contributed by atoms with Crippen LogP contribution in [0, 0.1) is 5.92 Å². The third-order valence-corrected chi connectivity index (χ3v) is 4.90. The van der Waals surface area contributed by atoms with Gasteiger partial charge in [0.05, 0.1) is 12.1 Å². The lowest BCUT2D eigenvalue weighted by Gasteiger charge is -2.17. The van der Waals surface area contributed by atoms with E-state index in [1.807, 2.05) is 61.5 Å². The zero-order chi connectivity index (χ0) is 17.0. The molecule has 0 unspecified atom stereocenters. The van der Waals surface area contributed by atoms with E-state index >= 15 is 0 Å². The highest BCUT2D eigenvalue weighted by Crippen LogP contribution is 2.55. The molecule has 1 fully saturated rings. The van der Waals surface area contributed by atoms with Gasteiger partial charge in [-0.15, -0.1) is 0 Å². The second-order valence-corrected chi connectivity index (χ2v) is 6.56. The van der Waals surface area contributed by atoms with Crippen molar-refractivity contribution < 1.29 is 9.53 Å². The van der Waals surface area contributed by atoms with Crippen LogP contribution >= 0.6 is 15.9 Å². The molecule has 1 N–H and O–H groups in total. The summed E-state index contributed by atoms with van der Waals surface area (Å²) in [6.45, 7) is 2.52. The number of hydrazone groups is 1. The van der Waals surface area contributed by atoms with Crippen LogP contribution in [0.5, 0.6) is 0 Å². The zero-order valence-electron chi connectivity index (χ0n) is 13.4. The van der Waals surface area contributed by atoms with E-state index in [2.05, 4.69) is 26.5 Å². The van der Waals surface area contributed by atoms with Gasteiger partial charge < -0.3 is 4.74 Å². The molecule has 0 radical (unpaired) electrons. The third kappa shape index (κ3) is 3.42.